The number of amides is 2. The third kappa shape index (κ3) is 7.99. The summed E-state index contributed by atoms with van der Waals surface area (Å²) < 4.78 is 31.8. The van der Waals surface area contributed by atoms with E-state index in [4.69, 9.17) is 4.74 Å². The molecule has 9 heteroatoms. The van der Waals surface area contributed by atoms with Gasteiger partial charge in [0.25, 0.3) is 0 Å². The minimum absolute atomic E-state index is 0.167. The van der Waals surface area contributed by atoms with Gasteiger partial charge in [-0.1, -0.05) is 48.9 Å². The van der Waals surface area contributed by atoms with Crippen molar-refractivity contribution in [2.45, 2.75) is 59.2 Å². The molecule has 0 heterocycles. The molecule has 2 aromatic carbocycles. The molecule has 1 atom stereocenters. The Bertz CT molecular complexity index is 1140. The molecule has 0 unspecified atom stereocenters. The number of rotatable bonds is 10. The van der Waals surface area contributed by atoms with Crippen LogP contribution in [0.3, 0.4) is 0 Å². The highest BCUT2D eigenvalue weighted by atomic mass is 32.2. The Kier molecular flexibility index (Phi) is 9.31. The fraction of sp³-hybridized carbons (Fsp3) is 0.462. The highest BCUT2D eigenvalue weighted by Crippen LogP contribution is 2.29. The number of aryl methyl sites for hydroxylation is 1. The van der Waals surface area contributed by atoms with Crippen molar-refractivity contribution >= 4 is 27.5 Å². The number of anilines is 1. The molecular formula is C26H37N3O5S. The first kappa shape index (κ1) is 28.2. The van der Waals surface area contributed by atoms with Crippen LogP contribution in [0, 0.1) is 6.92 Å². The van der Waals surface area contributed by atoms with Crippen LogP contribution in [0.25, 0.3) is 0 Å². The molecule has 0 spiro atoms. The molecule has 2 amide bonds. The van der Waals surface area contributed by atoms with Crippen LogP contribution in [0.2, 0.25) is 0 Å². The molecule has 0 fully saturated rings. The number of hydrogen-bond acceptors (Lipinski definition) is 5. The molecule has 0 saturated carbocycles. The lowest BCUT2D eigenvalue weighted by Gasteiger charge is -2.34. The summed E-state index contributed by atoms with van der Waals surface area (Å²) >= 11 is 0. The smallest absolute Gasteiger partial charge is 0.244 e. The number of nitrogens with zero attached hydrogens (tertiary/aromatic N) is 2. The summed E-state index contributed by atoms with van der Waals surface area (Å²) in [6.07, 6.45) is 1.41. The van der Waals surface area contributed by atoms with Crippen LogP contribution in [-0.4, -0.2) is 56.6 Å². The van der Waals surface area contributed by atoms with Crippen LogP contribution >= 0.6 is 0 Å². The minimum atomic E-state index is -3.83. The highest BCUT2D eigenvalue weighted by Gasteiger charge is 2.33. The van der Waals surface area contributed by atoms with E-state index in [-0.39, 0.29) is 18.1 Å². The SMILES string of the molecule is CC[C@@H](C(=O)NC(C)(C)C)N(Cc1cccc(C)c1)C(=O)CN(c1ccccc1OC)S(C)(=O)=O. The third-order valence-corrected chi connectivity index (χ3v) is 6.48. The number of ether oxygens (including phenoxy) is 1. The van der Waals surface area contributed by atoms with Gasteiger partial charge in [-0.15, -0.1) is 0 Å². The summed E-state index contributed by atoms with van der Waals surface area (Å²) in [5, 5.41) is 2.95. The highest BCUT2D eigenvalue weighted by molar-refractivity contribution is 7.92. The quantitative estimate of drug-likeness (QED) is 0.535. The van der Waals surface area contributed by atoms with E-state index < -0.39 is 34.1 Å². The number of carbonyl (C=O) groups excluding carboxylic acids is 2. The predicted octanol–water partition coefficient (Wildman–Crippen LogP) is 3.49. The van der Waals surface area contributed by atoms with Crippen molar-refractivity contribution in [3.8, 4) is 5.75 Å². The third-order valence-electron chi connectivity index (χ3n) is 5.35. The molecule has 0 bridgehead atoms. The molecule has 0 aliphatic heterocycles. The number of methoxy groups -OCH3 is 1. The fourth-order valence-corrected chi connectivity index (χ4v) is 4.66. The first-order chi connectivity index (χ1) is 16.3. The lowest BCUT2D eigenvalue weighted by Crippen LogP contribution is -2.55. The number of para-hydroxylation sites is 2. The molecule has 192 valence electrons. The van der Waals surface area contributed by atoms with E-state index in [1.54, 1.807) is 24.3 Å². The molecule has 0 radical (unpaired) electrons. The van der Waals surface area contributed by atoms with Crippen LogP contribution in [0.5, 0.6) is 5.75 Å². The first-order valence-electron chi connectivity index (χ1n) is 11.5. The maximum Gasteiger partial charge on any atom is 0.244 e. The van der Waals surface area contributed by atoms with E-state index in [2.05, 4.69) is 5.32 Å². The lowest BCUT2D eigenvalue weighted by atomic mass is 10.0. The molecule has 0 saturated heterocycles. The normalized spacial score (nSPS) is 12.5. The van der Waals surface area contributed by atoms with Crippen LogP contribution in [-0.2, 0) is 26.2 Å². The number of carbonyl (C=O) groups is 2. The minimum Gasteiger partial charge on any atom is -0.495 e. The fourth-order valence-electron chi connectivity index (χ4n) is 3.81. The maximum absolute atomic E-state index is 13.7. The summed E-state index contributed by atoms with van der Waals surface area (Å²) in [5.74, 6) is -0.448. The van der Waals surface area contributed by atoms with Crippen molar-refractivity contribution in [2.75, 3.05) is 24.2 Å². The van der Waals surface area contributed by atoms with E-state index in [1.165, 1.54) is 12.0 Å². The first-order valence-corrected chi connectivity index (χ1v) is 13.4. The van der Waals surface area contributed by atoms with Gasteiger partial charge < -0.3 is 15.0 Å². The Balaban J connectivity index is 2.50. The summed E-state index contributed by atoms with van der Waals surface area (Å²) in [7, 11) is -2.40. The standard InChI is InChI=1S/C26H37N3O5S/c1-8-21(25(31)27-26(3,4)5)28(17-20-13-11-12-19(2)16-20)24(30)18-29(35(7,32)33)22-14-9-10-15-23(22)34-6/h9-16,21H,8,17-18H2,1-7H3,(H,27,31)/t21-/m0/s1. The van der Waals surface area contributed by atoms with Gasteiger partial charge in [-0.2, -0.15) is 0 Å². The Morgan fingerprint density at radius 1 is 1.09 bits per heavy atom. The van der Waals surface area contributed by atoms with Crippen molar-refractivity contribution in [2.24, 2.45) is 0 Å². The molecule has 1 N–H and O–H groups in total. The van der Waals surface area contributed by atoms with Gasteiger partial charge in [0.1, 0.15) is 18.3 Å². The van der Waals surface area contributed by atoms with Gasteiger partial charge in [0.15, 0.2) is 0 Å². The lowest BCUT2D eigenvalue weighted by molar-refractivity contribution is -0.141. The Labute approximate surface area is 209 Å². The van der Waals surface area contributed by atoms with E-state index in [0.29, 0.717) is 12.2 Å². The van der Waals surface area contributed by atoms with Gasteiger partial charge in [-0.05, 0) is 51.8 Å². The van der Waals surface area contributed by atoms with Gasteiger partial charge in [-0.3, -0.25) is 13.9 Å². The molecule has 35 heavy (non-hydrogen) atoms. The zero-order valence-corrected chi connectivity index (χ0v) is 22.5. The average molecular weight is 504 g/mol. The molecule has 0 aliphatic carbocycles. The van der Waals surface area contributed by atoms with Gasteiger partial charge >= 0.3 is 0 Å². The number of benzene rings is 2. The van der Waals surface area contributed by atoms with Gasteiger partial charge in [0.2, 0.25) is 21.8 Å². The number of hydrogen-bond donors (Lipinski definition) is 1. The van der Waals surface area contributed by atoms with Crippen molar-refractivity contribution < 1.29 is 22.7 Å². The Morgan fingerprint density at radius 3 is 2.29 bits per heavy atom. The molecule has 0 aliphatic rings. The number of nitrogens with one attached hydrogen (secondary N) is 1. The van der Waals surface area contributed by atoms with Gasteiger partial charge in [-0.25, -0.2) is 8.42 Å². The van der Waals surface area contributed by atoms with E-state index in [0.717, 1.165) is 21.7 Å². The molecule has 8 nitrogen and oxygen atoms in total. The Morgan fingerprint density at radius 2 is 1.74 bits per heavy atom. The summed E-state index contributed by atoms with van der Waals surface area (Å²) in [6.45, 7) is 9.10. The maximum atomic E-state index is 13.7. The van der Waals surface area contributed by atoms with E-state index >= 15 is 0 Å². The van der Waals surface area contributed by atoms with Crippen LogP contribution in [0.15, 0.2) is 48.5 Å². The zero-order chi connectivity index (χ0) is 26.4. The van der Waals surface area contributed by atoms with Crippen molar-refractivity contribution in [1.82, 2.24) is 10.2 Å². The molecule has 0 aromatic heterocycles. The molecule has 2 aromatic rings. The average Bonchev–Trinajstić information content (AvgIpc) is 2.75. The van der Waals surface area contributed by atoms with E-state index in [1.807, 2.05) is 58.9 Å². The van der Waals surface area contributed by atoms with Crippen LogP contribution in [0.1, 0.15) is 45.2 Å². The van der Waals surface area contributed by atoms with Crippen molar-refractivity contribution in [3.05, 3.63) is 59.7 Å². The largest absolute Gasteiger partial charge is 0.495 e. The number of sulfonamides is 1. The summed E-state index contributed by atoms with van der Waals surface area (Å²) in [5.41, 5.74) is 1.64. The van der Waals surface area contributed by atoms with Gasteiger partial charge in [0, 0.05) is 12.1 Å². The second-order valence-corrected chi connectivity index (χ2v) is 11.5. The molecular weight excluding hydrogens is 466 g/mol. The van der Waals surface area contributed by atoms with Crippen LogP contribution < -0.4 is 14.4 Å². The second-order valence-electron chi connectivity index (χ2n) is 9.62. The second kappa shape index (κ2) is 11.6. The topological polar surface area (TPSA) is 96.0 Å². The van der Waals surface area contributed by atoms with Crippen LogP contribution in [0.4, 0.5) is 5.69 Å². The Hall–Kier alpha value is -3.07. The van der Waals surface area contributed by atoms with Crippen molar-refractivity contribution in [3.63, 3.8) is 0 Å². The predicted molar refractivity (Wildman–Crippen MR) is 139 cm³/mol. The summed E-state index contributed by atoms with van der Waals surface area (Å²) in [6, 6.07) is 13.5. The molecule has 2 rings (SSSR count). The van der Waals surface area contributed by atoms with Gasteiger partial charge in [0.05, 0.1) is 19.1 Å². The monoisotopic (exact) mass is 503 g/mol. The summed E-state index contributed by atoms with van der Waals surface area (Å²) in [4.78, 5) is 28.4. The van der Waals surface area contributed by atoms with E-state index in [9.17, 15) is 18.0 Å². The zero-order valence-electron chi connectivity index (χ0n) is 21.7. The van der Waals surface area contributed by atoms with Crippen molar-refractivity contribution in [1.29, 1.82) is 0 Å².